The van der Waals surface area contributed by atoms with Crippen LogP contribution in [0, 0.1) is 26.7 Å². The van der Waals surface area contributed by atoms with Crippen LogP contribution < -0.4 is 5.32 Å². The molecule has 0 aliphatic rings. The molecular weight excluding hydrogens is 278 g/mol. The first-order chi connectivity index (χ1) is 10.2. The van der Waals surface area contributed by atoms with Crippen molar-refractivity contribution in [1.82, 2.24) is 5.32 Å². The molecule has 122 valence electrons. The number of carboxylic acid groups (broad SMARTS) is 1. The molecule has 1 rings (SSSR count). The maximum Gasteiger partial charge on any atom is 0.326 e. The van der Waals surface area contributed by atoms with Gasteiger partial charge in [0.2, 0.25) is 5.91 Å². The monoisotopic (exact) mass is 305 g/mol. The van der Waals surface area contributed by atoms with Crippen LogP contribution >= 0.6 is 0 Å². The molecule has 1 aromatic carbocycles. The van der Waals surface area contributed by atoms with Gasteiger partial charge in [-0.25, -0.2) is 4.79 Å². The minimum Gasteiger partial charge on any atom is -0.480 e. The number of carboxylic acids is 1. The molecule has 0 radical (unpaired) electrons. The zero-order valence-corrected chi connectivity index (χ0v) is 14.2. The van der Waals surface area contributed by atoms with Gasteiger partial charge in [-0.1, -0.05) is 31.5 Å². The van der Waals surface area contributed by atoms with E-state index >= 15 is 0 Å². The van der Waals surface area contributed by atoms with Crippen LogP contribution in [0.15, 0.2) is 12.1 Å². The lowest BCUT2D eigenvalue weighted by molar-refractivity contribution is -0.143. The Hall–Kier alpha value is -1.84. The Morgan fingerprint density at radius 3 is 2.14 bits per heavy atom. The van der Waals surface area contributed by atoms with Gasteiger partial charge < -0.3 is 10.4 Å². The van der Waals surface area contributed by atoms with E-state index in [1.54, 1.807) is 13.8 Å². The first kappa shape index (κ1) is 18.2. The maximum atomic E-state index is 11.9. The Kier molecular flexibility index (Phi) is 6.60. The van der Waals surface area contributed by atoms with Gasteiger partial charge >= 0.3 is 5.97 Å². The van der Waals surface area contributed by atoms with Crippen molar-refractivity contribution in [3.05, 3.63) is 34.4 Å². The van der Waals surface area contributed by atoms with E-state index < -0.39 is 12.0 Å². The molecule has 1 unspecified atom stereocenters. The molecular formula is C18H27NO3. The second kappa shape index (κ2) is 7.97. The predicted molar refractivity (Wildman–Crippen MR) is 88.0 cm³/mol. The molecule has 0 aromatic heterocycles. The summed E-state index contributed by atoms with van der Waals surface area (Å²) in [6.45, 7) is 9.84. The Labute approximate surface area is 132 Å². The third-order valence-electron chi connectivity index (χ3n) is 3.92. The number of rotatable bonds is 7. The van der Waals surface area contributed by atoms with E-state index in [-0.39, 0.29) is 11.8 Å². The second-order valence-electron chi connectivity index (χ2n) is 6.36. The lowest BCUT2D eigenvalue weighted by atomic mass is 9.95. The topological polar surface area (TPSA) is 66.4 Å². The summed E-state index contributed by atoms with van der Waals surface area (Å²) in [7, 11) is 0. The van der Waals surface area contributed by atoms with E-state index in [1.165, 1.54) is 22.3 Å². The molecule has 1 amide bonds. The van der Waals surface area contributed by atoms with Crippen LogP contribution in [0.5, 0.6) is 0 Å². The Bertz CT molecular complexity index is 526. The van der Waals surface area contributed by atoms with E-state index in [2.05, 4.69) is 38.2 Å². The summed E-state index contributed by atoms with van der Waals surface area (Å²) in [6.07, 6.45) is 1.91. The molecule has 0 heterocycles. The summed E-state index contributed by atoms with van der Waals surface area (Å²) in [5.74, 6) is -1.29. The Balaban J connectivity index is 2.54. The lowest BCUT2D eigenvalue weighted by Crippen LogP contribution is -2.44. The molecule has 4 nitrogen and oxygen atoms in total. The number of hydrogen-bond acceptors (Lipinski definition) is 2. The van der Waals surface area contributed by atoms with E-state index in [0.29, 0.717) is 6.42 Å². The SMILES string of the molecule is Cc1cc(C)c(CCCC(=O)NC(C(=O)O)C(C)C)c(C)c1. The van der Waals surface area contributed by atoms with Crippen LogP contribution in [-0.2, 0) is 16.0 Å². The molecule has 0 spiro atoms. The fourth-order valence-corrected chi connectivity index (χ4v) is 2.79. The van der Waals surface area contributed by atoms with E-state index in [4.69, 9.17) is 5.11 Å². The van der Waals surface area contributed by atoms with Gasteiger partial charge in [0.1, 0.15) is 6.04 Å². The van der Waals surface area contributed by atoms with Crippen LogP contribution in [0.1, 0.15) is 48.9 Å². The van der Waals surface area contributed by atoms with Crippen LogP contribution in [0.25, 0.3) is 0 Å². The van der Waals surface area contributed by atoms with Crippen molar-refractivity contribution in [3.8, 4) is 0 Å². The van der Waals surface area contributed by atoms with Crippen LogP contribution in [0.3, 0.4) is 0 Å². The normalized spacial score (nSPS) is 12.3. The van der Waals surface area contributed by atoms with Crippen molar-refractivity contribution < 1.29 is 14.7 Å². The van der Waals surface area contributed by atoms with Gasteiger partial charge in [0.25, 0.3) is 0 Å². The average molecular weight is 305 g/mol. The molecule has 0 bridgehead atoms. The molecule has 1 aromatic rings. The molecule has 4 heteroatoms. The van der Waals surface area contributed by atoms with Crippen molar-refractivity contribution in [1.29, 1.82) is 0 Å². The molecule has 1 atom stereocenters. The number of amides is 1. The van der Waals surface area contributed by atoms with Crippen LogP contribution in [-0.4, -0.2) is 23.0 Å². The lowest BCUT2D eigenvalue weighted by Gasteiger charge is -2.18. The molecule has 0 aliphatic heterocycles. The highest BCUT2D eigenvalue weighted by atomic mass is 16.4. The third-order valence-corrected chi connectivity index (χ3v) is 3.92. The average Bonchev–Trinajstić information content (AvgIpc) is 2.38. The number of carbonyl (C=O) groups excluding carboxylic acids is 1. The molecule has 0 fully saturated rings. The van der Waals surface area contributed by atoms with Crippen LogP contribution in [0.4, 0.5) is 0 Å². The van der Waals surface area contributed by atoms with Gasteiger partial charge in [-0.15, -0.1) is 0 Å². The molecule has 22 heavy (non-hydrogen) atoms. The quantitative estimate of drug-likeness (QED) is 0.813. The summed E-state index contributed by atoms with van der Waals surface area (Å²) in [6, 6.07) is 3.50. The second-order valence-corrected chi connectivity index (χ2v) is 6.36. The minimum atomic E-state index is -0.978. The number of nitrogens with one attached hydrogen (secondary N) is 1. The standard InChI is InChI=1S/C18H27NO3/c1-11(2)17(18(21)22)19-16(20)8-6-7-15-13(4)9-12(3)10-14(15)5/h9-11,17H,6-8H2,1-5H3,(H,19,20)(H,21,22). The zero-order chi connectivity index (χ0) is 16.9. The van der Waals surface area contributed by atoms with Crippen molar-refractivity contribution in [2.24, 2.45) is 5.92 Å². The Morgan fingerprint density at radius 2 is 1.68 bits per heavy atom. The summed E-state index contributed by atoms with van der Waals surface area (Å²) in [4.78, 5) is 23.0. The molecule has 0 saturated heterocycles. The highest BCUT2D eigenvalue weighted by Crippen LogP contribution is 2.18. The minimum absolute atomic E-state index is 0.122. The molecule has 0 aliphatic carbocycles. The summed E-state index contributed by atoms with van der Waals surface area (Å²) >= 11 is 0. The Morgan fingerprint density at radius 1 is 1.14 bits per heavy atom. The number of aliphatic carboxylic acids is 1. The highest BCUT2D eigenvalue weighted by Gasteiger charge is 2.23. The van der Waals surface area contributed by atoms with E-state index in [1.807, 2.05) is 0 Å². The number of hydrogen-bond donors (Lipinski definition) is 2. The fourth-order valence-electron chi connectivity index (χ4n) is 2.79. The summed E-state index contributed by atoms with van der Waals surface area (Å²) in [5.41, 5.74) is 5.04. The smallest absolute Gasteiger partial charge is 0.326 e. The largest absolute Gasteiger partial charge is 0.480 e. The summed E-state index contributed by atoms with van der Waals surface area (Å²) in [5, 5.41) is 11.7. The van der Waals surface area contributed by atoms with Gasteiger partial charge in [0.05, 0.1) is 0 Å². The van der Waals surface area contributed by atoms with Crippen molar-refractivity contribution in [3.63, 3.8) is 0 Å². The van der Waals surface area contributed by atoms with Crippen LogP contribution in [0.2, 0.25) is 0 Å². The van der Waals surface area contributed by atoms with Crippen molar-refractivity contribution in [2.75, 3.05) is 0 Å². The predicted octanol–water partition coefficient (Wildman–Crippen LogP) is 3.16. The van der Waals surface area contributed by atoms with E-state index in [9.17, 15) is 9.59 Å². The van der Waals surface area contributed by atoms with Gasteiger partial charge in [-0.3, -0.25) is 4.79 Å². The zero-order valence-electron chi connectivity index (χ0n) is 14.2. The molecule has 0 saturated carbocycles. The van der Waals surface area contributed by atoms with E-state index in [0.717, 1.165) is 12.8 Å². The third kappa shape index (κ3) is 5.17. The number of benzene rings is 1. The number of carbonyl (C=O) groups is 2. The molecule has 2 N–H and O–H groups in total. The van der Waals surface area contributed by atoms with Crippen molar-refractivity contribution >= 4 is 11.9 Å². The summed E-state index contributed by atoms with van der Waals surface area (Å²) < 4.78 is 0. The first-order valence-electron chi connectivity index (χ1n) is 7.81. The first-order valence-corrected chi connectivity index (χ1v) is 7.81. The van der Waals surface area contributed by atoms with Gasteiger partial charge in [-0.2, -0.15) is 0 Å². The fraction of sp³-hybridized carbons (Fsp3) is 0.556. The van der Waals surface area contributed by atoms with Gasteiger partial charge in [-0.05, 0) is 56.2 Å². The van der Waals surface area contributed by atoms with Gasteiger partial charge in [0.15, 0.2) is 0 Å². The highest BCUT2D eigenvalue weighted by molar-refractivity contribution is 5.83. The maximum absolute atomic E-state index is 11.9. The van der Waals surface area contributed by atoms with Crippen molar-refractivity contribution in [2.45, 2.75) is 59.9 Å². The number of aryl methyl sites for hydroxylation is 3. The van der Waals surface area contributed by atoms with Gasteiger partial charge in [0, 0.05) is 6.42 Å².